The number of hydrogen-bond donors (Lipinski definition) is 2. The Morgan fingerprint density at radius 3 is 2.80 bits per heavy atom. The highest BCUT2D eigenvalue weighted by Gasteiger charge is 2.21. The molecule has 0 saturated carbocycles. The van der Waals surface area contributed by atoms with Crippen LogP contribution in [0.3, 0.4) is 0 Å². The summed E-state index contributed by atoms with van der Waals surface area (Å²) in [6.07, 6.45) is 1.09. The van der Waals surface area contributed by atoms with Gasteiger partial charge in [0.2, 0.25) is 0 Å². The molecule has 1 aliphatic rings. The number of rotatable bonds is 5. The molecule has 0 saturated heterocycles. The average Bonchev–Trinajstić information content (AvgIpc) is 2.94. The van der Waals surface area contributed by atoms with E-state index in [0.717, 1.165) is 29.2 Å². The Bertz CT molecular complexity index is 765. The third-order valence-corrected chi connectivity index (χ3v) is 4.17. The molecule has 2 aromatic carbocycles. The maximum atomic E-state index is 12.9. The van der Waals surface area contributed by atoms with E-state index in [1.807, 2.05) is 13.0 Å². The highest BCUT2D eigenvalue weighted by Crippen LogP contribution is 2.35. The molecule has 1 atom stereocenters. The molecule has 1 aliphatic heterocycles. The van der Waals surface area contributed by atoms with Crippen LogP contribution < -0.4 is 20.1 Å². The predicted octanol–water partition coefficient (Wildman–Crippen LogP) is 4.03. The topological polar surface area (TPSA) is 42.5 Å². The van der Waals surface area contributed by atoms with Crippen molar-refractivity contribution in [2.75, 3.05) is 11.9 Å². The lowest BCUT2D eigenvalue weighted by atomic mass is 10.1. The molecule has 2 aromatic rings. The van der Waals surface area contributed by atoms with E-state index in [1.54, 1.807) is 12.1 Å². The summed E-state index contributed by atoms with van der Waals surface area (Å²) in [4.78, 5) is 0. The minimum Gasteiger partial charge on any atom is -0.494 e. The van der Waals surface area contributed by atoms with E-state index >= 15 is 0 Å². The largest absolute Gasteiger partial charge is 0.494 e. The fourth-order valence-electron chi connectivity index (χ4n) is 2.79. The highest BCUT2D eigenvalue weighted by molar-refractivity contribution is 7.80. The van der Waals surface area contributed by atoms with Gasteiger partial charge in [0.15, 0.2) is 5.11 Å². The van der Waals surface area contributed by atoms with Crippen LogP contribution in [0.5, 0.6) is 11.5 Å². The number of fused-ring (bicyclic) bond motifs is 1. The maximum Gasteiger partial charge on any atom is 0.171 e. The molecule has 1 heterocycles. The molecular weight excluding hydrogens is 339 g/mol. The van der Waals surface area contributed by atoms with E-state index in [-0.39, 0.29) is 11.9 Å². The van der Waals surface area contributed by atoms with Gasteiger partial charge in [0.05, 0.1) is 6.61 Å². The van der Waals surface area contributed by atoms with E-state index in [0.29, 0.717) is 18.3 Å². The van der Waals surface area contributed by atoms with Crippen molar-refractivity contribution >= 4 is 23.0 Å². The van der Waals surface area contributed by atoms with E-state index in [9.17, 15) is 4.39 Å². The van der Waals surface area contributed by atoms with E-state index < -0.39 is 0 Å². The summed E-state index contributed by atoms with van der Waals surface area (Å²) in [6, 6.07) is 10.1. The number of ether oxygens (including phenoxy) is 2. The van der Waals surface area contributed by atoms with Crippen LogP contribution in [0.4, 0.5) is 10.1 Å². The molecule has 0 bridgehead atoms. The van der Waals surface area contributed by atoms with Crippen molar-refractivity contribution in [1.82, 2.24) is 5.32 Å². The highest BCUT2D eigenvalue weighted by atomic mass is 32.1. The first kappa shape index (κ1) is 17.5. The average molecular weight is 360 g/mol. The molecular formula is C19H21FN2O2S. The van der Waals surface area contributed by atoms with E-state index in [1.165, 1.54) is 17.7 Å². The summed E-state index contributed by atoms with van der Waals surface area (Å²) in [5, 5.41) is 6.65. The van der Waals surface area contributed by atoms with E-state index in [4.69, 9.17) is 21.7 Å². The van der Waals surface area contributed by atoms with Crippen LogP contribution in [0.25, 0.3) is 0 Å². The number of hydrogen-bond acceptors (Lipinski definition) is 3. The lowest BCUT2D eigenvalue weighted by molar-refractivity contribution is 0.254. The molecule has 0 radical (unpaired) electrons. The van der Waals surface area contributed by atoms with Crippen molar-refractivity contribution in [3.05, 3.63) is 53.3 Å². The van der Waals surface area contributed by atoms with Crippen LogP contribution in [0.1, 0.15) is 25.0 Å². The zero-order chi connectivity index (χ0) is 17.8. The lowest BCUT2D eigenvalue weighted by Gasteiger charge is -2.15. The molecule has 0 unspecified atom stereocenters. The first-order chi connectivity index (χ1) is 12.0. The minimum absolute atomic E-state index is 0.189. The summed E-state index contributed by atoms with van der Waals surface area (Å²) >= 11 is 5.31. The van der Waals surface area contributed by atoms with Crippen LogP contribution in [-0.4, -0.2) is 17.8 Å². The van der Waals surface area contributed by atoms with Crippen LogP contribution in [0.2, 0.25) is 0 Å². The first-order valence-electron chi connectivity index (χ1n) is 8.31. The Labute approximate surface area is 152 Å². The quantitative estimate of drug-likeness (QED) is 0.788. The Morgan fingerprint density at radius 1 is 1.32 bits per heavy atom. The van der Waals surface area contributed by atoms with Crippen molar-refractivity contribution in [2.45, 2.75) is 32.9 Å². The van der Waals surface area contributed by atoms with Crippen LogP contribution in [0, 0.1) is 5.82 Å². The van der Waals surface area contributed by atoms with Crippen molar-refractivity contribution in [3.8, 4) is 11.5 Å². The van der Waals surface area contributed by atoms with Crippen molar-refractivity contribution in [2.24, 2.45) is 0 Å². The SMILES string of the molecule is CCOc1cc2c(cc1CNC(=S)Nc1ccc(F)cc1)O[C@@H](C)C2. The summed E-state index contributed by atoms with van der Waals surface area (Å²) in [5.41, 5.74) is 2.89. The molecule has 3 rings (SSSR count). The lowest BCUT2D eigenvalue weighted by Crippen LogP contribution is -2.28. The molecule has 4 nitrogen and oxygen atoms in total. The van der Waals surface area contributed by atoms with Crippen LogP contribution >= 0.6 is 12.2 Å². The van der Waals surface area contributed by atoms with Crippen molar-refractivity contribution in [1.29, 1.82) is 0 Å². The second-order valence-corrected chi connectivity index (χ2v) is 6.36. The van der Waals surface area contributed by atoms with Gasteiger partial charge in [0.25, 0.3) is 0 Å². The summed E-state index contributed by atoms with van der Waals surface area (Å²) < 4.78 is 24.5. The molecule has 0 aliphatic carbocycles. The number of anilines is 1. The summed E-state index contributed by atoms with van der Waals surface area (Å²) in [5.74, 6) is 1.47. The molecule has 0 spiro atoms. The molecule has 2 N–H and O–H groups in total. The summed E-state index contributed by atoms with van der Waals surface area (Å²) in [6.45, 7) is 5.12. The first-order valence-corrected chi connectivity index (χ1v) is 8.71. The van der Waals surface area contributed by atoms with Crippen LogP contribution in [-0.2, 0) is 13.0 Å². The molecule has 0 aromatic heterocycles. The monoisotopic (exact) mass is 360 g/mol. The molecule has 0 fully saturated rings. The Morgan fingerprint density at radius 2 is 2.08 bits per heavy atom. The second-order valence-electron chi connectivity index (χ2n) is 5.95. The van der Waals surface area contributed by atoms with Crippen molar-refractivity contribution in [3.63, 3.8) is 0 Å². The van der Waals surface area contributed by atoms with Gasteiger partial charge < -0.3 is 20.1 Å². The number of halogens is 1. The van der Waals surface area contributed by atoms with Gasteiger partial charge in [-0.15, -0.1) is 0 Å². The van der Waals surface area contributed by atoms with Gasteiger partial charge in [0, 0.05) is 29.8 Å². The number of benzene rings is 2. The molecule has 25 heavy (non-hydrogen) atoms. The van der Waals surface area contributed by atoms with E-state index in [2.05, 4.69) is 23.6 Å². The van der Waals surface area contributed by atoms with Crippen LogP contribution in [0.15, 0.2) is 36.4 Å². The third kappa shape index (κ3) is 4.39. The van der Waals surface area contributed by atoms with Gasteiger partial charge in [-0.1, -0.05) is 0 Å². The normalized spacial score (nSPS) is 15.2. The van der Waals surface area contributed by atoms with Gasteiger partial charge in [-0.3, -0.25) is 0 Å². The molecule has 6 heteroatoms. The molecule has 0 amide bonds. The Balaban J connectivity index is 1.66. The zero-order valence-electron chi connectivity index (χ0n) is 14.3. The zero-order valence-corrected chi connectivity index (χ0v) is 15.1. The maximum absolute atomic E-state index is 12.9. The predicted molar refractivity (Wildman–Crippen MR) is 101 cm³/mol. The molecule has 132 valence electrons. The third-order valence-electron chi connectivity index (χ3n) is 3.92. The Hall–Kier alpha value is -2.34. The van der Waals surface area contributed by atoms with Gasteiger partial charge >= 0.3 is 0 Å². The van der Waals surface area contributed by atoms with Gasteiger partial charge in [-0.25, -0.2) is 4.39 Å². The fourth-order valence-corrected chi connectivity index (χ4v) is 2.98. The second kappa shape index (κ2) is 7.70. The number of thiocarbonyl (C=S) groups is 1. The smallest absolute Gasteiger partial charge is 0.171 e. The van der Waals surface area contributed by atoms with Gasteiger partial charge in [0.1, 0.15) is 23.4 Å². The minimum atomic E-state index is -0.279. The number of nitrogens with one attached hydrogen (secondary N) is 2. The summed E-state index contributed by atoms with van der Waals surface area (Å²) in [7, 11) is 0. The van der Waals surface area contributed by atoms with Gasteiger partial charge in [-0.2, -0.15) is 0 Å². The Kier molecular flexibility index (Phi) is 5.38. The van der Waals surface area contributed by atoms with Gasteiger partial charge in [-0.05, 0) is 62.5 Å². The van der Waals surface area contributed by atoms with Crippen molar-refractivity contribution < 1.29 is 13.9 Å². The standard InChI is InChI=1S/C19H21FN2O2S/c1-3-23-17-9-13-8-12(2)24-18(13)10-14(17)11-21-19(25)22-16-6-4-15(20)5-7-16/h4-7,9-10,12H,3,8,11H2,1-2H3,(H2,21,22,25)/t12-/m0/s1. The fraction of sp³-hybridized carbons (Fsp3) is 0.316.